The molecule has 1 aromatic heterocycles. The molecule has 104 valence electrons. The van der Waals surface area contributed by atoms with Gasteiger partial charge in [-0.2, -0.15) is 0 Å². The van der Waals surface area contributed by atoms with Crippen LogP contribution in [-0.2, 0) is 0 Å². The summed E-state index contributed by atoms with van der Waals surface area (Å²) in [5.41, 5.74) is 7.20. The zero-order valence-corrected chi connectivity index (χ0v) is 12.5. The highest BCUT2D eigenvalue weighted by Crippen LogP contribution is 2.32. The Morgan fingerprint density at radius 2 is 1.95 bits per heavy atom. The molecule has 3 rings (SSSR count). The third kappa shape index (κ3) is 2.82. The fourth-order valence-electron chi connectivity index (χ4n) is 2.07. The van der Waals surface area contributed by atoms with Crippen LogP contribution < -0.4 is 10.5 Å². The van der Waals surface area contributed by atoms with Gasteiger partial charge in [0, 0.05) is 16.6 Å². The standard InChI is InChI=1S/C16H11ClN2OS/c17-10-6-7-15(12(9-10)16(18)21)20-14-5-1-4-13-11(14)3-2-8-19-13/h1-9H,(H2,18,21). The molecule has 0 aliphatic heterocycles. The first-order chi connectivity index (χ1) is 10.1. The summed E-state index contributed by atoms with van der Waals surface area (Å²) < 4.78 is 5.97. The van der Waals surface area contributed by atoms with E-state index in [2.05, 4.69) is 4.98 Å². The highest BCUT2D eigenvalue weighted by atomic mass is 35.5. The number of rotatable bonds is 3. The first-order valence-electron chi connectivity index (χ1n) is 6.26. The Kier molecular flexibility index (Phi) is 3.73. The zero-order valence-electron chi connectivity index (χ0n) is 10.9. The van der Waals surface area contributed by atoms with Gasteiger partial charge in [-0.3, -0.25) is 4.98 Å². The van der Waals surface area contributed by atoms with Crippen molar-refractivity contribution in [2.45, 2.75) is 0 Å². The number of hydrogen-bond acceptors (Lipinski definition) is 3. The van der Waals surface area contributed by atoms with Crippen molar-refractivity contribution in [2.75, 3.05) is 0 Å². The van der Waals surface area contributed by atoms with Crippen molar-refractivity contribution in [1.29, 1.82) is 0 Å². The van der Waals surface area contributed by atoms with E-state index in [0.29, 0.717) is 22.1 Å². The molecule has 21 heavy (non-hydrogen) atoms. The first-order valence-corrected chi connectivity index (χ1v) is 7.05. The van der Waals surface area contributed by atoms with Crippen LogP contribution in [0.5, 0.6) is 11.5 Å². The van der Waals surface area contributed by atoms with E-state index in [1.807, 2.05) is 30.3 Å². The smallest absolute Gasteiger partial charge is 0.137 e. The minimum Gasteiger partial charge on any atom is -0.456 e. The van der Waals surface area contributed by atoms with Gasteiger partial charge in [0.05, 0.1) is 11.1 Å². The van der Waals surface area contributed by atoms with E-state index in [9.17, 15) is 0 Å². The summed E-state index contributed by atoms with van der Waals surface area (Å²) in [5, 5.41) is 1.48. The van der Waals surface area contributed by atoms with Crippen LogP contribution in [0.4, 0.5) is 0 Å². The molecular weight excluding hydrogens is 304 g/mol. The van der Waals surface area contributed by atoms with E-state index < -0.39 is 0 Å². The Morgan fingerprint density at radius 1 is 1.10 bits per heavy atom. The van der Waals surface area contributed by atoms with Crippen molar-refractivity contribution in [3.8, 4) is 11.5 Å². The van der Waals surface area contributed by atoms with E-state index in [1.165, 1.54) is 0 Å². The van der Waals surface area contributed by atoms with Gasteiger partial charge in [-0.25, -0.2) is 0 Å². The number of benzene rings is 2. The van der Waals surface area contributed by atoms with Crippen molar-refractivity contribution >= 4 is 39.7 Å². The molecule has 0 spiro atoms. The van der Waals surface area contributed by atoms with Crippen LogP contribution in [0.2, 0.25) is 5.02 Å². The maximum Gasteiger partial charge on any atom is 0.137 e. The second kappa shape index (κ2) is 5.68. The lowest BCUT2D eigenvalue weighted by atomic mass is 10.2. The van der Waals surface area contributed by atoms with Gasteiger partial charge in [0.1, 0.15) is 16.5 Å². The van der Waals surface area contributed by atoms with Crippen molar-refractivity contribution in [2.24, 2.45) is 5.73 Å². The number of fused-ring (bicyclic) bond motifs is 1. The van der Waals surface area contributed by atoms with Gasteiger partial charge in [0.15, 0.2) is 0 Å². The summed E-state index contributed by atoms with van der Waals surface area (Å²) in [7, 11) is 0. The molecule has 0 aliphatic carbocycles. The predicted octanol–water partition coefficient (Wildman–Crippen LogP) is 4.31. The SMILES string of the molecule is NC(=S)c1cc(Cl)ccc1Oc1cccc2ncccc12. The summed E-state index contributed by atoms with van der Waals surface area (Å²) in [6.45, 7) is 0. The normalized spacial score (nSPS) is 10.5. The van der Waals surface area contributed by atoms with Crippen LogP contribution in [0.15, 0.2) is 54.7 Å². The summed E-state index contributed by atoms with van der Waals surface area (Å²) in [5.74, 6) is 1.27. The average molecular weight is 315 g/mol. The van der Waals surface area contributed by atoms with E-state index in [0.717, 1.165) is 10.9 Å². The van der Waals surface area contributed by atoms with E-state index in [-0.39, 0.29) is 4.99 Å². The Bertz CT molecular complexity index is 830. The minimum absolute atomic E-state index is 0.242. The lowest BCUT2D eigenvalue weighted by molar-refractivity contribution is 0.487. The third-order valence-electron chi connectivity index (χ3n) is 3.03. The second-order valence-electron chi connectivity index (χ2n) is 4.43. The number of hydrogen-bond donors (Lipinski definition) is 1. The molecule has 1 heterocycles. The number of aromatic nitrogens is 1. The highest BCUT2D eigenvalue weighted by Gasteiger charge is 2.10. The fourth-order valence-corrected chi connectivity index (χ4v) is 2.40. The zero-order chi connectivity index (χ0) is 14.8. The van der Waals surface area contributed by atoms with Crippen LogP contribution >= 0.6 is 23.8 Å². The van der Waals surface area contributed by atoms with E-state index in [1.54, 1.807) is 24.4 Å². The Labute approximate surface area is 132 Å². The summed E-state index contributed by atoms with van der Waals surface area (Å²) in [6.07, 6.45) is 1.74. The van der Waals surface area contributed by atoms with Crippen molar-refractivity contribution in [1.82, 2.24) is 4.98 Å². The molecule has 0 unspecified atom stereocenters. The second-order valence-corrected chi connectivity index (χ2v) is 5.31. The molecule has 0 radical (unpaired) electrons. The van der Waals surface area contributed by atoms with Gasteiger partial charge in [-0.1, -0.05) is 29.9 Å². The van der Waals surface area contributed by atoms with E-state index >= 15 is 0 Å². The number of nitrogens with two attached hydrogens (primary N) is 1. The maximum atomic E-state index is 5.98. The number of pyridine rings is 1. The van der Waals surface area contributed by atoms with Gasteiger partial charge < -0.3 is 10.5 Å². The van der Waals surface area contributed by atoms with Crippen LogP contribution in [0.1, 0.15) is 5.56 Å². The van der Waals surface area contributed by atoms with Crippen molar-refractivity contribution < 1.29 is 4.74 Å². The number of ether oxygens (including phenoxy) is 1. The number of halogens is 1. The number of thiocarbonyl (C=S) groups is 1. The molecule has 2 aromatic carbocycles. The third-order valence-corrected chi connectivity index (χ3v) is 3.49. The monoisotopic (exact) mass is 314 g/mol. The van der Waals surface area contributed by atoms with E-state index in [4.69, 9.17) is 34.3 Å². The van der Waals surface area contributed by atoms with Crippen molar-refractivity contribution in [3.63, 3.8) is 0 Å². The summed E-state index contributed by atoms with van der Waals surface area (Å²) in [6, 6.07) is 14.7. The molecule has 0 fully saturated rings. The molecule has 0 bridgehead atoms. The van der Waals surface area contributed by atoms with Crippen LogP contribution in [0.3, 0.4) is 0 Å². The number of nitrogens with zero attached hydrogens (tertiary/aromatic N) is 1. The Morgan fingerprint density at radius 3 is 2.76 bits per heavy atom. The molecule has 0 atom stereocenters. The molecule has 3 aromatic rings. The molecule has 2 N–H and O–H groups in total. The summed E-state index contributed by atoms with van der Waals surface area (Å²) >= 11 is 11.0. The van der Waals surface area contributed by atoms with Crippen LogP contribution in [0, 0.1) is 0 Å². The Balaban J connectivity index is 2.09. The molecule has 0 saturated carbocycles. The summed E-state index contributed by atoms with van der Waals surface area (Å²) in [4.78, 5) is 4.55. The average Bonchev–Trinajstić information content (AvgIpc) is 2.49. The lowest BCUT2D eigenvalue weighted by Crippen LogP contribution is -2.10. The van der Waals surface area contributed by atoms with Crippen LogP contribution in [0.25, 0.3) is 10.9 Å². The molecule has 0 amide bonds. The fraction of sp³-hybridized carbons (Fsp3) is 0. The quantitative estimate of drug-likeness (QED) is 0.732. The largest absolute Gasteiger partial charge is 0.456 e. The molecular formula is C16H11ClN2OS. The van der Waals surface area contributed by atoms with Crippen molar-refractivity contribution in [3.05, 3.63) is 65.3 Å². The maximum absolute atomic E-state index is 5.98. The van der Waals surface area contributed by atoms with Gasteiger partial charge in [-0.15, -0.1) is 0 Å². The van der Waals surface area contributed by atoms with Gasteiger partial charge in [-0.05, 0) is 42.5 Å². The Hall–Kier alpha value is -2.17. The van der Waals surface area contributed by atoms with Crippen LogP contribution in [-0.4, -0.2) is 9.97 Å². The molecule has 0 saturated heterocycles. The molecule has 5 heteroatoms. The van der Waals surface area contributed by atoms with Gasteiger partial charge in [0.2, 0.25) is 0 Å². The van der Waals surface area contributed by atoms with Gasteiger partial charge in [0.25, 0.3) is 0 Å². The minimum atomic E-state index is 0.242. The topological polar surface area (TPSA) is 48.1 Å². The molecule has 3 nitrogen and oxygen atoms in total. The predicted molar refractivity (Wildman–Crippen MR) is 89.2 cm³/mol. The molecule has 0 aliphatic rings. The van der Waals surface area contributed by atoms with Gasteiger partial charge >= 0.3 is 0 Å². The lowest BCUT2D eigenvalue weighted by Gasteiger charge is -2.12. The first kappa shape index (κ1) is 13.8. The highest BCUT2D eigenvalue weighted by molar-refractivity contribution is 7.80.